The number of aromatic nitrogens is 1. The zero-order chi connectivity index (χ0) is 19.7. The van der Waals surface area contributed by atoms with Crippen molar-refractivity contribution in [3.63, 3.8) is 0 Å². The molecule has 26 heavy (non-hydrogen) atoms. The fourth-order valence-electron chi connectivity index (χ4n) is 2.55. The number of rotatable bonds is 2. The van der Waals surface area contributed by atoms with Crippen molar-refractivity contribution < 1.29 is 27.8 Å². The molecule has 1 aromatic heterocycles. The zero-order valence-electron chi connectivity index (χ0n) is 14.6. The second-order valence-electron chi connectivity index (χ2n) is 7.08. The van der Waals surface area contributed by atoms with Gasteiger partial charge in [0.15, 0.2) is 0 Å². The largest absolute Gasteiger partial charge is 0.444 e. The summed E-state index contributed by atoms with van der Waals surface area (Å²) in [6, 6.07) is 0.143. The Balaban J connectivity index is 2.11. The number of halogens is 4. The number of ether oxygens (including phenoxy) is 1. The van der Waals surface area contributed by atoms with Crippen LogP contribution in [0.1, 0.15) is 32.8 Å². The van der Waals surface area contributed by atoms with Crippen LogP contribution in [0.5, 0.6) is 0 Å². The van der Waals surface area contributed by atoms with Gasteiger partial charge in [0.25, 0.3) is 0 Å². The van der Waals surface area contributed by atoms with Crippen molar-refractivity contribution in [2.45, 2.75) is 51.1 Å². The van der Waals surface area contributed by atoms with E-state index in [4.69, 9.17) is 16.3 Å². The molecule has 6 nitrogen and oxygen atoms in total. The van der Waals surface area contributed by atoms with Crippen molar-refractivity contribution in [3.8, 4) is 0 Å². The maximum absolute atomic E-state index is 12.7. The zero-order valence-corrected chi connectivity index (χ0v) is 15.4. The van der Waals surface area contributed by atoms with Gasteiger partial charge in [0.2, 0.25) is 0 Å². The SMILES string of the molecule is CC(C)(C)OC(=O)N[C@H]1CN(c2ncc(C(F)(F)F)cc2Cl)CC[C@@H]1O. The number of pyridine rings is 1. The first-order valence-electron chi connectivity index (χ1n) is 8.02. The summed E-state index contributed by atoms with van der Waals surface area (Å²) in [5.41, 5.74) is -1.63. The maximum Gasteiger partial charge on any atom is 0.417 e. The van der Waals surface area contributed by atoms with Crippen molar-refractivity contribution in [1.29, 1.82) is 0 Å². The van der Waals surface area contributed by atoms with Gasteiger partial charge in [-0.1, -0.05) is 11.6 Å². The van der Waals surface area contributed by atoms with Gasteiger partial charge in [-0.05, 0) is 33.3 Å². The topological polar surface area (TPSA) is 74.7 Å². The number of alkyl carbamates (subject to hydrolysis) is 1. The van der Waals surface area contributed by atoms with Gasteiger partial charge >= 0.3 is 12.3 Å². The highest BCUT2D eigenvalue weighted by Crippen LogP contribution is 2.34. The van der Waals surface area contributed by atoms with Crippen molar-refractivity contribution in [2.24, 2.45) is 0 Å². The van der Waals surface area contributed by atoms with E-state index in [9.17, 15) is 23.1 Å². The molecule has 0 bridgehead atoms. The second-order valence-corrected chi connectivity index (χ2v) is 7.49. The van der Waals surface area contributed by atoms with E-state index in [0.717, 1.165) is 6.07 Å². The maximum atomic E-state index is 12.7. The molecule has 1 saturated heterocycles. The molecule has 2 atom stereocenters. The second kappa shape index (κ2) is 7.48. The van der Waals surface area contributed by atoms with E-state index >= 15 is 0 Å². The minimum absolute atomic E-state index is 0.137. The van der Waals surface area contributed by atoms with Gasteiger partial charge in [-0.2, -0.15) is 13.2 Å². The lowest BCUT2D eigenvalue weighted by atomic mass is 10.0. The fraction of sp³-hybridized carbons (Fsp3) is 0.625. The van der Waals surface area contributed by atoms with E-state index in [0.29, 0.717) is 19.2 Å². The van der Waals surface area contributed by atoms with Gasteiger partial charge in [-0.25, -0.2) is 9.78 Å². The summed E-state index contributed by atoms with van der Waals surface area (Å²) in [6.07, 6.45) is -5.03. The number of aliphatic hydroxyl groups excluding tert-OH is 1. The first-order chi connectivity index (χ1) is 11.9. The van der Waals surface area contributed by atoms with Gasteiger partial charge in [0.1, 0.15) is 11.4 Å². The normalized spacial score (nSPS) is 21.5. The highest BCUT2D eigenvalue weighted by Gasteiger charge is 2.34. The first-order valence-corrected chi connectivity index (χ1v) is 8.40. The number of amides is 1. The van der Waals surface area contributed by atoms with Crippen molar-refractivity contribution in [3.05, 3.63) is 22.8 Å². The molecular formula is C16H21ClF3N3O3. The first kappa shape index (κ1) is 20.6. The Morgan fingerprint density at radius 1 is 1.42 bits per heavy atom. The minimum Gasteiger partial charge on any atom is -0.444 e. The van der Waals surface area contributed by atoms with E-state index < -0.39 is 35.6 Å². The van der Waals surface area contributed by atoms with Crippen LogP contribution in [0.4, 0.5) is 23.8 Å². The fourth-order valence-corrected chi connectivity index (χ4v) is 2.84. The van der Waals surface area contributed by atoms with E-state index in [1.807, 2.05) is 0 Å². The molecule has 0 radical (unpaired) electrons. The Morgan fingerprint density at radius 3 is 2.62 bits per heavy atom. The van der Waals surface area contributed by atoms with Crippen LogP contribution in [0.15, 0.2) is 12.3 Å². The Labute approximate surface area is 154 Å². The molecule has 1 aromatic rings. The lowest BCUT2D eigenvalue weighted by molar-refractivity contribution is -0.137. The van der Waals surface area contributed by atoms with Crippen LogP contribution < -0.4 is 10.2 Å². The van der Waals surface area contributed by atoms with Crippen LogP contribution in [0, 0.1) is 0 Å². The van der Waals surface area contributed by atoms with Gasteiger partial charge in [-0.15, -0.1) is 0 Å². The number of carbonyl (C=O) groups is 1. The summed E-state index contributed by atoms with van der Waals surface area (Å²) in [5.74, 6) is 0.169. The molecule has 0 spiro atoms. The number of piperidine rings is 1. The summed E-state index contributed by atoms with van der Waals surface area (Å²) < 4.78 is 43.3. The molecule has 2 heterocycles. The molecular weight excluding hydrogens is 375 g/mol. The molecule has 1 amide bonds. The third-order valence-electron chi connectivity index (χ3n) is 3.73. The van der Waals surface area contributed by atoms with Crippen molar-refractivity contribution in [2.75, 3.05) is 18.0 Å². The molecule has 0 aliphatic carbocycles. The molecule has 0 saturated carbocycles. The minimum atomic E-state index is -4.53. The van der Waals surface area contributed by atoms with Gasteiger partial charge in [0.05, 0.1) is 22.7 Å². The summed E-state index contributed by atoms with van der Waals surface area (Å²) in [4.78, 5) is 17.3. The Kier molecular flexibility index (Phi) is 5.92. The van der Waals surface area contributed by atoms with E-state index in [1.54, 1.807) is 25.7 Å². The average Bonchev–Trinajstić information content (AvgIpc) is 2.46. The summed E-state index contributed by atoms with van der Waals surface area (Å²) in [5, 5.41) is 12.5. The van der Waals surface area contributed by atoms with E-state index in [1.165, 1.54) is 0 Å². The number of anilines is 1. The summed E-state index contributed by atoms with van der Waals surface area (Å²) >= 11 is 5.97. The third kappa shape index (κ3) is 5.38. The molecule has 10 heteroatoms. The van der Waals surface area contributed by atoms with Gasteiger partial charge in [0, 0.05) is 19.3 Å². The number of hydrogen-bond donors (Lipinski definition) is 2. The molecule has 0 unspecified atom stereocenters. The number of nitrogens with zero attached hydrogens (tertiary/aromatic N) is 2. The smallest absolute Gasteiger partial charge is 0.417 e. The Hall–Kier alpha value is -1.74. The van der Waals surface area contributed by atoms with Crippen LogP contribution in [-0.2, 0) is 10.9 Å². The van der Waals surface area contributed by atoms with Crippen molar-refractivity contribution >= 4 is 23.5 Å². The van der Waals surface area contributed by atoms with Crippen LogP contribution in [0.25, 0.3) is 0 Å². The van der Waals surface area contributed by atoms with E-state index in [2.05, 4.69) is 10.3 Å². The summed E-state index contributed by atoms with van der Waals surface area (Å²) in [6.45, 7) is 5.61. The van der Waals surface area contributed by atoms with Crippen LogP contribution in [0.3, 0.4) is 0 Å². The van der Waals surface area contributed by atoms with E-state index in [-0.39, 0.29) is 17.4 Å². The lowest BCUT2D eigenvalue weighted by Gasteiger charge is -2.37. The van der Waals surface area contributed by atoms with Gasteiger partial charge < -0.3 is 20.1 Å². The molecule has 0 aromatic carbocycles. The Bertz CT molecular complexity index is 664. The highest BCUT2D eigenvalue weighted by molar-refractivity contribution is 6.33. The number of nitrogens with one attached hydrogen (secondary N) is 1. The monoisotopic (exact) mass is 395 g/mol. The standard InChI is InChI=1S/C16H21ClF3N3O3/c1-15(2,3)26-14(25)22-11-8-23(5-4-12(11)24)13-10(17)6-9(7-21-13)16(18,19)20/h6-7,11-12,24H,4-5,8H2,1-3H3,(H,22,25)/t11-,12-/m0/s1. The van der Waals surface area contributed by atoms with Crippen LogP contribution in [0.2, 0.25) is 5.02 Å². The third-order valence-corrected chi connectivity index (χ3v) is 4.01. The summed E-state index contributed by atoms with van der Waals surface area (Å²) in [7, 11) is 0. The van der Waals surface area contributed by atoms with Crippen LogP contribution >= 0.6 is 11.6 Å². The molecule has 2 rings (SSSR count). The molecule has 1 aliphatic heterocycles. The highest BCUT2D eigenvalue weighted by atomic mass is 35.5. The van der Waals surface area contributed by atoms with Gasteiger partial charge in [-0.3, -0.25) is 0 Å². The number of hydrogen-bond acceptors (Lipinski definition) is 5. The quantitative estimate of drug-likeness (QED) is 0.804. The number of aliphatic hydroxyl groups is 1. The van der Waals surface area contributed by atoms with Crippen LogP contribution in [-0.4, -0.2) is 47.0 Å². The lowest BCUT2D eigenvalue weighted by Crippen LogP contribution is -2.56. The average molecular weight is 396 g/mol. The number of carbonyl (C=O) groups excluding carboxylic acids is 1. The molecule has 2 N–H and O–H groups in total. The van der Waals surface area contributed by atoms with Crippen molar-refractivity contribution in [1.82, 2.24) is 10.3 Å². The Morgan fingerprint density at radius 2 is 2.08 bits per heavy atom. The molecule has 1 fully saturated rings. The molecule has 1 aliphatic rings. The molecule has 146 valence electrons. The predicted octanol–water partition coefficient (Wildman–Crippen LogP) is 3.22. The number of alkyl halides is 3. The predicted molar refractivity (Wildman–Crippen MR) is 90.2 cm³/mol.